The van der Waals surface area contributed by atoms with Crippen LogP contribution in [0.4, 0.5) is 17.6 Å². The molecular weight excluding hydrogens is 458 g/mol. The van der Waals surface area contributed by atoms with Gasteiger partial charge in [-0.3, -0.25) is 4.79 Å². The maximum absolute atomic E-state index is 14.1. The van der Waals surface area contributed by atoms with Crippen molar-refractivity contribution in [1.82, 2.24) is 5.32 Å². The number of ether oxygens (including phenoxy) is 3. The van der Waals surface area contributed by atoms with Crippen molar-refractivity contribution in [2.75, 3.05) is 7.05 Å². The number of likely N-dealkylation sites (N-methyl/N-ethyl adjacent to an activating group) is 1. The average Bonchev–Trinajstić information content (AvgIpc) is 2.75. The van der Waals surface area contributed by atoms with E-state index in [-0.39, 0.29) is 19.4 Å². The predicted octanol–water partition coefficient (Wildman–Crippen LogP) is 4.51. The third-order valence-corrected chi connectivity index (χ3v) is 4.65. The molecule has 0 saturated heterocycles. The van der Waals surface area contributed by atoms with Crippen LogP contribution in [0.25, 0.3) is 0 Å². The van der Waals surface area contributed by atoms with Gasteiger partial charge in [-0.15, -0.1) is 13.2 Å². The molecule has 0 aromatic heterocycles. The highest BCUT2D eigenvalue weighted by molar-refractivity contribution is 5.82. The zero-order valence-electron chi connectivity index (χ0n) is 19.0. The van der Waals surface area contributed by atoms with Gasteiger partial charge in [-0.25, -0.2) is 9.18 Å². The van der Waals surface area contributed by atoms with Crippen LogP contribution in [-0.4, -0.2) is 43.2 Å². The molecule has 0 heterocycles. The molecule has 0 fully saturated rings. The SMILES string of the molecule is CN[C@@H](CC(C)(C)F)C(=O)O[C@H](Cc1ccc(OC(F)(F)F)cc1)C(=O)OCc1ccccc1. The molecule has 2 atom stereocenters. The number of hydrogen-bond acceptors (Lipinski definition) is 6. The molecule has 0 bridgehead atoms. The van der Waals surface area contributed by atoms with Crippen molar-refractivity contribution < 1.29 is 41.4 Å². The van der Waals surface area contributed by atoms with E-state index in [4.69, 9.17) is 9.47 Å². The van der Waals surface area contributed by atoms with Crippen molar-refractivity contribution in [1.29, 1.82) is 0 Å². The second-order valence-corrected chi connectivity index (χ2v) is 8.18. The highest BCUT2D eigenvalue weighted by atomic mass is 19.4. The molecule has 0 unspecified atom stereocenters. The molecule has 1 N–H and O–H groups in total. The van der Waals surface area contributed by atoms with Crippen LogP contribution >= 0.6 is 0 Å². The smallest absolute Gasteiger partial charge is 0.458 e. The number of benzene rings is 2. The summed E-state index contributed by atoms with van der Waals surface area (Å²) in [6.07, 6.45) is -6.60. The minimum absolute atomic E-state index is 0.0704. The lowest BCUT2D eigenvalue weighted by Gasteiger charge is -2.24. The first-order chi connectivity index (χ1) is 15.9. The van der Waals surface area contributed by atoms with Crippen molar-refractivity contribution in [3.8, 4) is 5.75 Å². The summed E-state index contributed by atoms with van der Waals surface area (Å²) in [4.78, 5) is 25.4. The summed E-state index contributed by atoms with van der Waals surface area (Å²) < 4.78 is 65.7. The van der Waals surface area contributed by atoms with Crippen LogP contribution in [-0.2, 0) is 32.1 Å². The number of halogens is 4. The minimum atomic E-state index is -4.84. The van der Waals surface area contributed by atoms with Gasteiger partial charge in [-0.1, -0.05) is 42.5 Å². The summed E-state index contributed by atoms with van der Waals surface area (Å²) in [5.74, 6) is -2.13. The Hall–Kier alpha value is -3.14. The fourth-order valence-electron chi connectivity index (χ4n) is 3.05. The first kappa shape index (κ1) is 27.1. The van der Waals surface area contributed by atoms with Gasteiger partial charge < -0.3 is 19.5 Å². The molecule has 0 aliphatic rings. The predicted molar refractivity (Wildman–Crippen MR) is 116 cm³/mol. The van der Waals surface area contributed by atoms with Crippen molar-refractivity contribution in [3.05, 3.63) is 65.7 Å². The van der Waals surface area contributed by atoms with Crippen LogP contribution < -0.4 is 10.1 Å². The van der Waals surface area contributed by atoms with Crippen molar-refractivity contribution >= 4 is 11.9 Å². The topological polar surface area (TPSA) is 73.9 Å². The molecule has 0 aliphatic carbocycles. The molecule has 2 aromatic rings. The molecular formula is C24H27F4NO5. The summed E-state index contributed by atoms with van der Waals surface area (Å²) >= 11 is 0. The Bertz CT molecular complexity index is 927. The van der Waals surface area contributed by atoms with E-state index in [9.17, 15) is 27.2 Å². The number of alkyl halides is 4. The Balaban J connectivity index is 2.15. The maximum Gasteiger partial charge on any atom is 0.573 e. The van der Waals surface area contributed by atoms with Crippen LogP contribution in [0.5, 0.6) is 5.75 Å². The molecule has 186 valence electrons. The van der Waals surface area contributed by atoms with Crippen LogP contribution in [0.1, 0.15) is 31.4 Å². The third-order valence-electron chi connectivity index (χ3n) is 4.65. The lowest BCUT2D eigenvalue weighted by Crippen LogP contribution is -2.43. The first-order valence-electron chi connectivity index (χ1n) is 10.5. The zero-order chi connectivity index (χ0) is 25.4. The van der Waals surface area contributed by atoms with Gasteiger partial charge in [0.25, 0.3) is 0 Å². The number of rotatable bonds is 11. The van der Waals surface area contributed by atoms with Gasteiger partial charge in [0, 0.05) is 12.8 Å². The number of carbonyl (C=O) groups is 2. The van der Waals surface area contributed by atoms with Gasteiger partial charge in [0.2, 0.25) is 6.10 Å². The third kappa shape index (κ3) is 9.78. The van der Waals surface area contributed by atoms with Gasteiger partial charge in [-0.05, 0) is 44.2 Å². The number of esters is 2. The van der Waals surface area contributed by atoms with Crippen molar-refractivity contribution in [3.63, 3.8) is 0 Å². The molecule has 0 radical (unpaired) electrons. The molecule has 0 saturated carbocycles. The molecule has 0 aliphatic heterocycles. The van der Waals surface area contributed by atoms with Crippen LogP contribution in [0, 0.1) is 0 Å². The summed E-state index contributed by atoms with van der Waals surface area (Å²) in [5, 5.41) is 2.66. The van der Waals surface area contributed by atoms with E-state index < -0.39 is 41.9 Å². The van der Waals surface area contributed by atoms with Gasteiger partial charge in [0.05, 0.1) is 0 Å². The highest BCUT2D eigenvalue weighted by Gasteiger charge is 2.33. The van der Waals surface area contributed by atoms with Crippen molar-refractivity contribution in [2.24, 2.45) is 0 Å². The average molecular weight is 485 g/mol. The summed E-state index contributed by atoms with van der Waals surface area (Å²) in [6.45, 7) is 2.54. The molecule has 0 amide bonds. The van der Waals surface area contributed by atoms with Crippen molar-refractivity contribution in [2.45, 2.75) is 57.5 Å². The Labute approximate surface area is 195 Å². The van der Waals surface area contributed by atoms with Gasteiger partial charge in [-0.2, -0.15) is 0 Å². The first-order valence-corrected chi connectivity index (χ1v) is 10.5. The van der Waals surface area contributed by atoms with E-state index in [1.807, 2.05) is 0 Å². The summed E-state index contributed by atoms with van der Waals surface area (Å²) in [6, 6.07) is 12.6. The summed E-state index contributed by atoms with van der Waals surface area (Å²) in [7, 11) is 1.46. The second-order valence-electron chi connectivity index (χ2n) is 8.18. The van der Waals surface area contributed by atoms with E-state index in [1.54, 1.807) is 30.3 Å². The van der Waals surface area contributed by atoms with Crippen LogP contribution in [0.2, 0.25) is 0 Å². The Morgan fingerprint density at radius 3 is 2.06 bits per heavy atom. The van der Waals surface area contributed by atoms with Gasteiger partial charge in [0.1, 0.15) is 24.1 Å². The molecule has 34 heavy (non-hydrogen) atoms. The van der Waals surface area contributed by atoms with Crippen LogP contribution in [0.15, 0.2) is 54.6 Å². The maximum atomic E-state index is 14.1. The normalized spacial score (nSPS) is 13.6. The molecule has 6 nitrogen and oxygen atoms in total. The molecule has 2 rings (SSSR count). The van der Waals surface area contributed by atoms with E-state index in [0.29, 0.717) is 11.1 Å². The fraction of sp³-hybridized carbons (Fsp3) is 0.417. The quantitative estimate of drug-likeness (QED) is 0.373. The summed E-state index contributed by atoms with van der Waals surface area (Å²) in [5.41, 5.74) is -0.567. The van der Waals surface area contributed by atoms with Gasteiger partial charge >= 0.3 is 18.3 Å². The largest absolute Gasteiger partial charge is 0.573 e. The Kier molecular flexibility index (Phi) is 9.43. The van der Waals surface area contributed by atoms with E-state index >= 15 is 0 Å². The standard InChI is InChI=1S/C24H27F4NO5/c1-23(2,25)14-19(29-3)21(30)33-20(22(31)32-15-17-7-5-4-6-8-17)13-16-9-11-18(12-10-16)34-24(26,27)28/h4-12,19-20,29H,13-15H2,1-3H3/t19-,20+/m0/s1. The molecule has 10 heteroatoms. The highest BCUT2D eigenvalue weighted by Crippen LogP contribution is 2.24. The molecule has 2 aromatic carbocycles. The van der Waals surface area contributed by atoms with Gasteiger partial charge in [0.15, 0.2) is 0 Å². The van der Waals surface area contributed by atoms with E-state index in [0.717, 1.165) is 12.1 Å². The second kappa shape index (κ2) is 11.8. The minimum Gasteiger partial charge on any atom is -0.458 e. The van der Waals surface area contributed by atoms with Crippen LogP contribution in [0.3, 0.4) is 0 Å². The number of nitrogens with one attached hydrogen (secondary N) is 1. The van der Waals surface area contributed by atoms with E-state index in [2.05, 4.69) is 10.1 Å². The molecule has 0 spiro atoms. The lowest BCUT2D eigenvalue weighted by molar-refractivity contribution is -0.274. The Morgan fingerprint density at radius 2 is 1.53 bits per heavy atom. The van der Waals surface area contributed by atoms with E-state index in [1.165, 1.54) is 33.0 Å². The zero-order valence-corrected chi connectivity index (χ0v) is 19.0. The monoisotopic (exact) mass is 485 g/mol. The fourth-order valence-corrected chi connectivity index (χ4v) is 3.05. The number of hydrogen-bond donors (Lipinski definition) is 1. The lowest BCUT2D eigenvalue weighted by atomic mass is 10.0. The number of carbonyl (C=O) groups excluding carboxylic acids is 2. The Morgan fingerprint density at radius 1 is 0.912 bits per heavy atom.